The van der Waals surface area contributed by atoms with Gasteiger partial charge in [-0.15, -0.1) is 0 Å². The fourth-order valence-corrected chi connectivity index (χ4v) is 1.74. The van der Waals surface area contributed by atoms with Gasteiger partial charge in [0.2, 0.25) is 5.88 Å². The van der Waals surface area contributed by atoms with Crippen molar-refractivity contribution in [2.24, 2.45) is 5.84 Å². The van der Waals surface area contributed by atoms with E-state index in [1.54, 1.807) is 0 Å². The molecule has 4 heteroatoms. The molecule has 1 fully saturated rings. The zero-order valence-corrected chi connectivity index (χ0v) is 8.07. The molecule has 0 bridgehead atoms. The van der Waals surface area contributed by atoms with Crippen LogP contribution in [0.3, 0.4) is 0 Å². The van der Waals surface area contributed by atoms with Gasteiger partial charge in [-0.1, -0.05) is 6.07 Å². The fourth-order valence-electron chi connectivity index (χ4n) is 1.74. The first-order valence-corrected chi connectivity index (χ1v) is 4.99. The van der Waals surface area contributed by atoms with E-state index in [1.807, 2.05) is 18.2 Å². The maximum Gasteiger partial charge on any atom is 0.215 e. The summed E-state index contributed by atoms with van der Waals surface area (Å²) in [7, 11) is 0. The van der Waals surface area contributed by atoms with E-state index in [4.69, 9.17) is 10.6 Å². The standard InChI is InChI=1S/C10H15N3O/c11-13-9-6-3-7-10(12-9)14-8-4-1-2-5-8/h3,6-8H,1-2,4-5,11H2,(H,12,13). The molecule has 1 aliphatic carbocycles. The number of hydrazine groups is 1. The third-order valence-electron chi connectivity index (χ3n) is 2.46. The first-order valence-electron chi connectivity index (χ1n) is 4.99. The van der Waals surface area contributed by atoms with Crippen molar-refractivity contribution in [1.82, 2.24) is 4.98 Å². The second kappa shape index (κ2) is 4.28. The highest BCUT2D eigenvalue weighted by Gasteiger charge is 2.16. The molecule has 0 saturated heterocycles. The number of rotatable bonds is 3. The Hall–Kier alpha value is -1.29. The summed E-state index contributed by atoms with van der Waals surface area (Å²) in [5.41, 5.74) is 2.50. The van der Waals surface area contributed by atoms with Crippen LogP contribution in [-0.4, -0.2) is 11.1 Å². The summed E-state index contributed by atoms with van der Waals surface area (Å²) in [4.78, 5) is 4.20. The summed E-state index contributed by atoms with van der Waals surface area (Å²) in [5, 5.41) is 0. The van der Waals surface area contributed by atoms with Crippen LogP contribution in [-0.2, 0) is 0 Å². The molecule has 1 saturated carbocycles. The monoisotopic (exact) mass is 193 g/mol. The second-order valence-corrected chi connectivity index (χ2v) is 3.53. The highest BCUT2D eigenvalue weighted by molar-refractivity contribution is 5.35. The first-order chi connectivity index (χ1) is 6.88. The molecular weight excluding hydrogens is 178 g/mol. The molecule has 0 radical (unpaired) electrons. The van der Waals surface area contributed by atoms with Crippen LogP contribution >= 0.6 is 0 Å². The largest absolute Gasteiger partial charge is 0.474 e. The van der Waals surface area contributed by atoms with Crippen LogP contribution in [0.2, 0.25) is 0 Å². The van der Waals surface area contributed by atoms with E-state index in [0.717, 1.165) is 12.8 Å². The van der Waals surface area contributed by atoms with Gasteiger partial charge < -0.3 is 10.2 Å². The summed E-state index contributed by atoms with van der Waals surface area (Å²) in [5.74, 6) is 6.56. The van der Waals surface area contributed by atoms with E-state index in [2.05, 4.69) is 10.4 Å². The van der Waals surface area contributed by atoms with Gasteiger partial charge >= 0.3 is 0 Å². The third-order valence-corrected chi connectivity index (χ3v) is 2.46. The molecule has 0 atom stereocenters. The molecule has 1 aromatic heterocycles. The van der Waals surface area contributed by atoms with Crippen LogP contribution in [0, 0.1) is 0 Å². The molecule has 3 N–H and O–H groups in total. The zero-order valence-electron chi connectivity index (χ0n) is 8.07. The summed E-state index contributed by atoms with van der Waals surface area (Å²) >= 11 is 0. The van der Waals surface area contributed by atoms with Crippen molar-refractivity contribution in [3.8, 4) is 5.88 Å². The van der Waals surface area contributed by atoms with E-state index < -0.39 is 0 Å². The Kier molecular flexibility index (Phi) is 2.84. The number of anilines is 1. The van der Waals surface area contributed by atoms with Crippen molar-refractivity contribution in [2.45, 2.75) is 31.8 Å². The topological polar surface area (TPSA) is 60.2 Å². The SMILES string of the molecule is NNc1cccc(OC2CCCC2)n1. The number of pyridine rings is 1. The number of aromatic nitrogens is 1. The van der Waals surface area contributed by atoms with Crippen molar-refractivity contribution >= 4 is 5.82 Å². The lowest BCUT2D eigenvalue weighted by molar-refractivity contribution is 0.202. The van der Waals surface area contributed by atoms with Gasteiger partial charge in [0.05, 0.1) is 0 Å². The summed E-state index contributed by atoms with van der Waals surface area (Å²) in [6.07, 6.45) is 5.15. The molecule has 0 unspecified atom stereocenters. The lowest BCUT2D eigenvalue weighted by atomic mass is 10.3. The molecular formula is C10H15N3O. The van der Waals surface area contributed by atoms with Crippen molar-refractivity contribution in [1.29, 1.82) is 0 Å². The van der Waals surface area contributed by atoms with E-state index in [0.29, 0.717) is 17.8 Å². The van der Waals surface area contributed by atoms with Crippen LogP contribution in [0.15, 0.2) is 18.2 Å². The number of nitrogen functional groups attached to an aromatic ring is 1. The first kappa shape index (κ1) is 9.27. The molecule has 1 aliphatic rings. The van der Waals surface area contributed by atoms with Gasteiger partial charge in [-0.05, 0) is 31.7 Å². The third kappa shape index (κ3) is 2.14. The predicted octanol–water partition coefficient (Wildman–Crippen LogP) is 1.69. The summed E-state index contributed by atoms with van der Waals surface area (Å²) < 4.78 is 5.71. The Morgan fingerprint density at radius 1 is 1.36 bits per heavy atom. The summed E-state index contributed by atoms with van der Waals surface area (Å²) in [6, 6.07) is 5.55. The Bertz CT molecular complexity index is 297. The van der Waals surface area contributed by atoms with Crippen molar-refractivity contribution < 1.29 is 4.74 Å². The van der Waals surface area contributed by atoms with Gasteiger partial charge in [0.15, 0.2) is 0 Å². The van der Waals surface area contributed by atoms with E-state index in [9.17, 15) is 0 Å². The molecule has 0 spiro atoms. The van der Waals surface area contributed by atoms with Crippen LogP contribution in [0.5, 0.6) is 5.88 Å². The lowest BCUT2D eigenvalue weighted by Crippen LogP contribution is -2.13. The molecule has 14 heavy (non-hydrogen) atoms. The highest BCUT2D eigenvalue weighted by atomic mass is 16.5. The minimum absolute atomic E-state index is 0.343. The minimum atomic E-state index is 0.343. The number of hydrogen-bond donors (Lipinski definition) is 2. The Labute approximate surface area is 83.4 Å². The van der Waals surface area contributed by atoms with E-state index >= 15 is 0 Å². The minimum Gasteiger partial charge on any atom is -0.474 e. The Morgan fingerprint density at radius 2 is 2.14 bits per heavy atom. The molecule has 0 amide bonds. The van der Waals surface area contributed by atoms with Crippen molar-refractivity contribution in [3.05, 3.63) is 18.2 Å². The quantitative estimate of drug-likeness (QED) is 0.566. The number of nitrogens with one attached hydrogen (secondary N) is 1. The number of hydrogen-bond acceptors (Lipinski definition) is 4. The van der Waals surface area contributed by atoms with Crippen molar-refractivity contribution in [3.63, 3.8) is 0 Å². The van der Waals surface area contributed by atoms with Crippen LogP contribution in [0.1, 0.15) is 25.7 Å². The highest BCUT2D eigenvalue weighted by Crippen LogP contribution is 2.23. The molecule has 76 valence electrons. The van der Waals surface area contributed by atoms with E-state index in [1.165, 1.54) is 12.8 Å². The molecule has 2 rings (SSSR count). The van der Waals surface area contributed by atoms with Gasteiger partial charge in [0.1, 0.15) is 11.9 Å². The van der Waals surface area contributed by atoms with Crippen LogP contribution < -0.4 is 16.0 Å². The zero-order chi connectivity index (χ0) is 9.80. The predicted molar refractivity (Wildman–Crippen MR) is 54.9 cm³/mol. The maximum atomic E-state index is 5.71. The Balaban J connectivity index is 2.00. The normalized spacial score (nSPS) is 16.9. The second-order valence-electron chi connectivity index (χ2n) is 3.53. The lowest BCUT2D eigenvalue weighted by Gasteiger charge is -2.12. The van der Waals surface area contributed by atoms with E-state index in [-0.39, 0.29) is 0 Å². The number of ether oxygens (including phenoxy) is 1. The fraction of sp³-hybridized carbons (Fsp3) is 0.500. The Morgan fingerprint density at radius 3 is 2.86 bits per heavy atom. The van der Waals surface area contributed by atoms with Gasteiger partial charge in [-0.25, -0.2) is 5.84 Å². The van der Waals surface area contributed by atoms with Gasteiger partial charge in [0.25, 0.3) is 0 Å². The van der Waals surface area contributed by atoms with Crippen LogP contribution in [0.4, 0.5) is 5.82 Å². The average Bonchev–Trinajstić information content (AvgIpc) is 2.71. The van der Waals surface area contributed by atoms with Gasteiger partial charge in [-0.2, -0.15) is 4.98 Å². The van der Waals surface area contributed by atoms with Crippen LogP contribution in [0.25, 0.3) is 0 Å². The molecule has 0 aromatic carbocycles. The van der Waals surface area contributed by atoms with Gasteiger partial charge in [0, 0.05) is 6.07 Å². The smallest absolute Gasteiger partial charge is 0.215 e. The van der Waals surface area contributed by atoms with Gasteiger partial charge in [-0.3, -0.25) is 0 Å². The summed E-state index contributed by atoms with van der Waals surface area (Å²) in [6.45, 7) is 0. The number of nitrogens with zero attached hydrogens (tertiary/aromatic N) is 1. The maximum absolute atomic E-state index is 5.71. The van der Waals surface area contributed by atoms with Crippen molar-refractivity contribution in [2.75, 3.05) is 5.43 Å². The molecule has 1 aromatic rings. The molecule has 1 heterocycles. The molecule has 0 aliphatic heterocycles. The average molecular weight is 193 g/mol. The number of nitrogens with two attached hydrogens (primary N) is 1. The molecule has 4 nitrogen and oxygen atoms in total.